The van der Waals surface area contributed by atoms with Crippen molar-refractivity contribution in [1.29, 1.82) is 0 Å². The van der Waals surface area contributed by atoms with Crippen molar-refractivity contribution >= 4 is 11.6 Å². The van der Waals surface area contributed by atoms with Gasteiger partial charge in [0.05, 0.1) is 18.8 Å². The first-order valence-electron chi connectivity index (χ1n) is 7.38. The Balaban J connectivity index is 1.76. The molecule has 1 aliphatic rings. The first-order chi connectivity index (χ1) is 11.6. The molecule has 0 atom stereocenters. The second-order valence-electron chi connectivity index (χ2n) is 5.35. The summed E-state index contributed by atoms with van der Waals surface area (Å²) >= 11 is 0. The van der Waals surface area contributed by atoms with Gasteiger partial charge in [0.15, 0.2) is 0 Å². The Morgan fingerprint density at radius 2 is 2.33 bits per heavy atom. The molecule has 2 N–H and O–H groups in total. The van der Waals surface area contributed by atoms with Gasteiger partial charge in [-0.3, -0.25) is 9.59 Å². The summed E-state index contributed by atoms with van der Waals surface area (Å²) in [5, 5.41) is 3.15. The van der Waals surface area contributed by atoms with Crippen LogP contribution in [0, 0.1) is 0 Å². The lowest BCUT2D eigenvalue weighted by atomic mass is 10.1. The van der Waals surface area contributed by atoms with E-state index in [4.69, 9.17) is 4.74 Å². The van der Waals surface area contributed by atoms with Crippen molar-refractivity contribution in [3.63, 3.8) is 0 Å². The zero-order valence-corrected chi connectivity index (χ0v) is 13.2. The third-order valence-corrected chi connectivity index (χ3v) is 3.74. The highest BCUT2D eigenvalue weighted by molar-refractivity contribution is 5.87. The number of pyridine rings is 1. The molecule has 3 rings (SSSR count). The second-order valence-corrected chi connectivity index (χ2v) is 5.35. The van der Waals surface area contributed by atoms with Gasteiger partial charge in [-0.15, -0.1) is 0 Å². The fourth-order valence-electron chi connectivity index (χ4n) is 2.44. The number of aromatic nitrogens is 3. The van der Waals surface area contributed by atoms with Crippen LogP contribution in [0.4, 0.5) is 5.69 Å². The van der Waals surface area contributed by atoms with Crippen LogP contribution in [0.1, 0.15) is 0 Å². The molecule has 2 aromatic heterocycles. The van der Waals surface area contributed by atoms with E-state index in [-0.39, 0.29) is 23.5 Å². The third-order valence-electron chi connectivity index (χ3n) is 3.74. The standard InChI is InChI=1S/C16H17N5O3/c1-3-14(22)21-8-11(9-21)19-13-6-10(7-18-15(13)23)12-4-5-17-16(20-12)24-2/h3-7,11,19H,1,8-9H2,2H3,(H,18,23). The van der Waals surface area contributed by atoms with Gasteiger partial charge in [-0.05, 0) is 18.2 Å². The highest BCUT2D eigenvalue weighted by atomic mass is 16.5. The fourth-order valence-corrected chi connectivity index (χ4v) is 2.44. The molecule has 3 heterocycles. The highest BCUT2D eigenvalue weighted by Crippen LogP contribution is 2.20. The molecule has 0 aromatic carbocycles. The maximum absolute atomic E-state index is 12.0. The van der Waals surface area contributed by atoms with Crippen molar-refractivity contribution < 1.29 is 9.53 Å². The number of rotatable bonds is 5. The summed E-state index contributed by atoms with van der Waals surface area (Å²) < 4.78 is 5.01. The molecular formula is C16H17N5O3. The lowest BCUT2D eigenvalue weighted by Gasteiger charge is -2.39. The number of nitrogens with zero attached hydrogens (tertiary/aromatic N) is 3. The normalized spacial score (nSPS) is 14.0. The van der Waals surface area contributed by atoms with Gasteiger partial charge in [-0.1, -0.05) is 6.58 Å². The molecular weight excluding hydrogens is 310 g/mol. The maximum atomic E-state index is 12.0. The van der Waals surface area contributed by atoms with Gasteiger partial charge in [0.25, 0.3) is 5.56 Å². The average molecular weight is 327 g/mol. The predicted octanol–water partition coefficient (Wildman–Crippen LogP) is 0.649. The molecule has 0 saturated carbocycles. The minimum atomic E-state index is -0.228. The minimum Gasteiger partial charge on any atom is -0.467 e. The smallest absolute Gasteiger partial charge is 0.316 e. The van der Waals surface area contributed by atoms with Gasteiger partial charge in [-0.2, -0.15) is 4.98 Å². The number of likely N-dealkylation sites (tertiary alicyclic amines) is 1. The van der Waals surface area contributed by atoms with Crippen LogP contribution in [0.15, 0.2) is 42.0 Å². The van der Waals surface area contributed by atoms with Crippen LogP contribution in [0.2, 0.25) is 0 Å². The summed E-state index contributed by atoms with van der Waals surface area (Å²) in [4.78, 5) is 36.0. The zero-order chi connectivity index (χ0) is 17.1. The van der Waals surface area contributed by atoms with Gasteiger partial charge in [0.1, 0.15) is 5.69 Å². The van der Waals surface area contributed by atoms with Crippen molar-refractivity contribution in [1.82, 2.24) is 19.9 Å². The van der Waals surface area contributed by atoms with Crippen molar-refractivity contribution in [2.75, 3.05) is 25.5 Å². The van der Waals surface area contributed by atoms with Crippen molar-refractivity contribution in [2.24, 2.45) is 0 Å². The Kier molecular flexibility index (Phi) is 4.28. The molecule has 0 radical (unpaired) electrons. The Labute approximate surface area is 138 Å². The number of aromatic amines is 1. The molecule has 124 valence electrons. The van der Waals surface area contributed by atoms with Crippen LogP contribution in [0.3, 0.4) is 0 Å². The van der Waals surface area contributed by atoms with E-state index in [0.29, 0.717) is 24.5 Å². The van der Waals surface area contributed by atoms with Gasteiger partial charge in [0.2, 0.25) is 5.91 Å². The average Bonchev–Trinajstić information content (AvgIpc) is 2.58. The summed E-state index contributed by atoms with van der Waals surface area (Å²) in [6.07, 6.45) is 4.46. The van der Waals surface area contributed by atoms with Crippen LogP contribution >= 0.6 is 0 Å². The lowest BCUT2D eigenvalue weighted by Crippen LogP contribution is -2.56. The van der Waals surface area contributed by atoms with E-state index in [2.05, 4.69) is 26.8 Å². The van der Waals surface area contributed by atoms with E-state index in [1.165, 1.54) is 13.2 Å². The number of carbonyl (C=O) groups excluding carboxylic acids is 1. The Bertz CT molecular complexity index is 826. The number of ether oxygens (including phenoxy) is 1. The quantitative estimate of drug-likeness (QED) is 0.782. The van der Waals surface area contributed by atoms with Gasteiger partial charge in [-0.25, -0.2) is 4.98 Å². The summed E-state index contributed by atoms with van der Waals surface area (Å²) in [6.45, 7) is 4.53. The molecule has 8 heteroatoms. The van der Waals surface area contributed by atoms with E-state index < -0.39 is 0 Å². The van der Waals surface area contributed by atoms with E-state index in [1.54, 1.807) is 29.4 Å². The van der Waals surface area contributed by atoms with E-state index in [1.807, 2.05) is 0 Å². The van der Waals surface area contributed by atoms with Crippen LogP contribution in [-0.4, -0.2) is 52.0 Å². The molecule has 8 nitrogen and oxygen atoms in total. The van der Waals surface area contributed by atoms with Crippen LogP contribution in [-0.2, 0) is 4.79 Å². The van der Waals surface area contributed by atoms with E-state index in [9.17, 15) is 9.59 Å². The Morgan fingerprint density at radius 3 is 3.04 bits per heavy atom. The summed E-state index contributed by atoms with van der Waals surface area (Å²) in [5.74, 6) is -0.108. The number of carbonyl (C=O) groups is 1. The van der Waals surface area contributed by atoms with Gasteiger partial charge < -0.3 is 19.9 Å². The lowest BCUT2D eigenvalue weighted by molar-refractivity contribution is -0.129. The number of nitrogens with one attached hydrogen (secondary N) is 2. The van der Waals surface area contributed by atoms with E-state index >= 15 is 0 Å². The molecule has 0 bridgehead atoms. The molecule has 1 aliphatic heterocycles. The minimum absolute atomic E-state index is 0.0326. The zero-order valence-electron chi connectivity index (χ0n) is 13.2. The molecule has 1 amide bonds. The fraction of sp³-hybridized carbons (Fsp3) is 0.250. The highest BCUT2D eigenvalue weighted by Gasteiger charge is 2.29. The molecule has 0 unspecified atom stereocenters. The van der Waals surface area contributed by atoms with Gasteiger partial charge >= 0.3 is 6.01 Å². The largest absolute Gasteiger partial charge is 0.467 e. The van der Waals surface area contributed by atoms with Crippen molar-refractivity contribution in [3.05, 3.63) is 47.5 Å². The predicted molar refractivity (Wildman–Crippen MR) is 88.8 cm³/mol. The molecule has 1 saturated heterocycles. The second kappa shape index (κ2) is 6.53. The number of methoxy groups -OCH3 is 1. The van der Waals surface area contributed by atoms with Crippen LogP contribution < -0.4 is 15.6 Å². The third kappa shape index (κ3) is 3.12. The number of H-pyrrole nitrogens is 1. The van der Waals surface area contributed by atoms with Crippen LogP contribution in [0.25, 0.3) is 11.3 Å². The molecule has 2 aromatic rings. The van der Waals surface area contributed by atoms with Crippen molar-refractivity contribution in [3.8, 4) is 17.3 Å². The Morgan fingerprint density at radius 1 is 1.54 bits per heavy atom. The Hall–Kier alpha value is -3.16. The number of hydrogen-bond acceptors (Lipinski definition) is 6. The van der Waals surface area contributed by atoms with Gasteiger partial charge in [0, 0.05) is 31.0 Å². The summed E-state index contributed by atoms with van der Waals surface area (Å²) in [7, 11) is 1.49. The number of amides is 1. The first-order valence-corrected chi connectivity index (χ1v) is 7.38. The van der Waals surface area contributed by atoms with Crippen LogP contribution in [0.5, 0.6) is 6.01 Å². The summed E-state index contributed by atoms with van der Waals surface area (Å²) in [6, 6.07) is 3.74. The first kappa shape index (κ1) is 15.7. The number of anilines is 1. The molecule has 24 heavy (non-hydrogen) atoms. The van der Waals surface area contributed by atoms with Crippen molar-refractivity contribution in [2.45, 2.75) is 6.04 Å². The van der Waals surface area contributed by atoms with E-state index in [0.717, 1.165) is 5.56 Å². The number of hydrogen-bond donors (Lipinski definition) is 2. The summed E-state index contributed by atoms with van der Waals surface area (Å²) in [5.41, 5.74) is 1.57. The molecule has 0 spiro atoms. The molecule has 1 fully saturated rings. The SMILES string of the molecule is C=CC(=O)N1CC(Nc2cc(-c3ccnc(OC)n3)c[nH]c2=O)C1. The maximum Gasteiger partial charge on any atom is 0.316 e. The molecule has 0 aliphatic carbocycles. The topological polar surface area (TPSA) is 100 Å². The monoisotopic (exact) mass is 327 g/mol.